The zero-order chi connectivity index (χ0) is 18.1. The maximum atomic E-state index is 12.5. The minimum absolute atomic E-state index is 0.0111. The van der Waals surface area contributed by atoms with Crippen LogP contribution in [0.1, 0.15) is 53.2 Å². The second-order valence-electron chi connectivity index (χ2n) is 6.60. The van der Waals surface area contributed by atoms with Crippen molar-refractivity contribution >= 4 is 5.91 Å². The highest BCUT2D eigenvalue weighted by molar-refractivity contribution is 5.94. The molecule has 1 atom stereocenters. The molecule has 1 aromatic carbocycles. The maximum absolute atomic E-state index is 12.5. The first-order valence-electron chi connectivity index (χ1n) is 8.89. The zero-order valence-corrected chi connectivity index (χ0v) is 14.9. The van der Waals surface area contributed by atoms with E-state index in [4.69, 9.17) is 4.52 Å². The number of aromatic nitrogens is 4. The Hall–Kier alpha value is -2.96. The van der Waals surface area contributed by atoms with E-state index in [2.05, 4.69) is 32.7 Å². The van der Waals surface area contributed by atoms with Gasteiger partial charge in [0.2, 0.25) is 11.7 Å². The summed E-state index contributed by atoms with van der Waals surface area (Å²) in [5, 5.41) is 11.2. The summed E-state index contributed by atoms with van der Waals surface area (Å²) in [5.41, 5.74) is 3.92. The lowest BCUT2D eigenvalue weighted by molar-refractivity contribution is 0.0932. The third-order valence-corrected chi connectivity index (χ3v) is 4.76. The molecule has 1 aliphatic carbocycles. The van der Waals surface area contributed by atoms with Crippen molar-refractivity contribution in [2.24, 2.45) is 7.05 Å². The molecule has 0 radical (unpaired) electrons. The Balaban J connectivity index is 1.57. The summed E-state index contributed by atoms with van der Waals surface area (Å²) in [7, 11) is 1.80. The molecule has 1 aliphatic rings. The lowest BCUT2D eigenvalue weighted by Crippen LogP contribution is -2.30. The van der Waals surface area contributed by atoms with E-state index in [1.807, 2.05) is 13.0 Å². The molecule has 4 rings (SSSR count). The number of fused-ring (bicyclic) bond motifs is 1. The van der Waals surface area contributed by atoms with Gasteiger partial charge in [-0.25, -0.2) is 0 Å². The van der Waals surface area contributed by atoms with Crippen molar-refractivity contribution in [1.82, 2.24) is 25.2 Å². The number of carbonyl (C=O) groups is 1. The van der Waals surface area contributed by atoms with Crippen molar-refractivity contribution < 1.29 is 9.32 Å². The summed E-state index contributed by atoms with van der Waals surface area (Å²) in [6.07, 6.45) is 6.98. The molecular formula is C19H21N5O2. The van der Waals surface area contributed by atoms with Crippen LogP contribution in [0.4, 0.5) is 0 Å². The van der Waals surface area contributed by atoms with Gasteiger partial charge < -0.3 is 9.84 Å². The lowest BCUT2D eigenvalue weighted by atomic mass is 9.86. The minimum atomic E-state index is -0.0919. The van der Waals surface area contributed by atoms with Crippen LogP contribution in [0.25, 0.3) is 11.4 Å². The van der Waals surface area contributed by atoms with Crippen molar-refractivity contribution in [1.29, 1.82) is 0 Å². The quantitative estimate of drug-likeness (QED) is 0.781. The molecule has 0 bridgehead atoms. The predicted octanol–water partition coefficient (Wildman–Crippen LogP) is 2.84. The Morgan fingerprint density at radius 2 is 2.31 bits per heavy atom. The van der Waals surface area contributed by atoms with Crippen molar-refractivity contribution in [2.75, 3.05) is 0 Å². The number of amides is 1. The van der Waals surface area contributed by atoms with Crippen LogP contribution < -0.4 is 5.32 Å². The smallest absolute Gasteiger partial charge is 0.254 e. The highest BCUT2D eigenvalue weighted by Crippen LogP contribution is 2.32. The molecule has 0 fully saturated rings. The number of aryl methyl sites for hydroxylation is 3. The summed E-state index contributed by atoms with van der Waals surface area (Å²) in [6.45, 7) is 1.99. The Kier molecular flexibility index (Phi) is 4.28. The van der Waals surface area contributed by atoms with Gasteiger partial charge in [-0.15, -0.1) is 0 Å². The Morgan fingerprint density at radius 3 is 3.04 bits per heavy atom. The Labute approximate surface area is 151 Å². The number of nitrogens with one attached hydrogen (secondary N) is 1. The molecule has 3 aromatic rings. The molecule has 0 saturated heterocycles. The van der Waals surface area contributed by atoms with E-state index < -0.39 is 0 Å². The summed E-state index contributed by atoms with van der Waals surface area (Å²) < 4.78 is 6.84. The predicted molar refractivity (Wildman–Crippen MR) is 95.5 cm³/mol. The molecule has 0 saturated carbocycles. The second kappa shape index (κ2) is 6.74. The molecule has 0 unspecified atom stereocenters. The van der Waals surface area contributed by atoms with Gasteiger partial charge in [0.15, 0.2) is 0 Å². The van der Waals surface area contributed by atoms with Gasteiger partial charge in [-0.05, 0) is 36.5 Å². The van der Waals surface area contributed by atoms with Gasteiger partial charge in [0.05, 0.1) is 17.8 Å². The van der Waals surface area contributed by atoms with Crippen LogP contribution in [0.15, 0.2) is 35.1 Å². The van der Waals surface area contributed by atoms with Crippen LogP contribution in [0, 0.1) is 0 Å². The first-order valence-corrected chi connectivity index (χ1v) is 8.89. The molecule has 2 aromatic heterocycles. The molecule has 1 amide bonds. The van der Waals surface area contributed by atoms with Gasteiger partial charge in [0.1, 0.15) is 0 Å². The van der Waals surface area contributed by atoms with Crippen molar-refractivity contribution in [3.05, 3.63) is 53.2 Å². The third-order valence-electron chi connectivity index (χ3n) is 4.76. The van der Waals surface area contributed by atoms with Crippen molar-refractivity contribution in [3.63, 3.8) is 0 Å². The Bertz CT molecular complexity index is 943. The molecule has 7 nitrogen and oxygen atoms in total. The highest BCUT2D eigenvalue weighted by Gasteiger charge is 2.23. The zero-order valence-electron chi connectivity index (χ0n) is 14.9. The van der Waals surface area contributed by atoms with Crippen LogP contribution in [-0.2, 0) is 19.9 Å². The average Bonchev–Trinajstić information content (AvgIpc) is 3.30. The van der Waals surface area contributed by atoms with E-state index >= 15 is 0 Å². The minimum Gasteiger partial charge on any atom is -0.345 e. The fourth-order valence-electron chi connectivity index (χ4n) is 3.40. The summed E-state index contributed by atoms with van der Waals surface area (Å²) >= 11 is 0. The van der Waals surface area contributed by atoms with E-state index in [1.165, 1.54) is 5.56 Å². The Morgan fingerprint density at radius 1 is 1.42 bits per heavy atom. The van der Waals surface area contributed by atoms with E-state index in [1.54, 1.807) is 24.1 Å². The van der Waals surface area contributed by atoms with Gasteiger partial charge in [-0.1, -0.05) is 24.2 Å². The average molecular weight is 351 g/mol. The molecule has 26 heavy (non-hydrogen) atoms. The number of hydrogen-bond donors (Lipinski definition) is 1. The second-order valence-corrected chi connectivity index (χ2v) is 6.60. The maximum Gasteiger partial charge on any atom is 0.254 e. The highest BCUT2D eigenvalue weighted by atomic mass is 16.5. The largest absolute Gasteiger partial charge is 0.345 e. The van der Waals surface area contributed by atoms with Gasteiger partial charge >= 0.3 is 0 Å². The number of benzene rings is 1. The summed E-state index contributed by atoms with van der Waals surface area (Å²) in [4.78, 5) is 16.9. The van der Waals surface area contributed by atoms with Crippen LogP contribution in [0.3, 0.4) is 0 Å². The fraction of sp³-hybridized carbons (Fsp3) is 0.368. The van der Waals surface area contributed by atoms with Crippen LogP contribution in [0.2, 0.25) is 0 Å². The van der Waals surface area contributed by atoms with Crippen LogP contribution in [-0.4, -0.2) is 25.8 Å². The van der Waals surface area contributed by atoms with Gasteiger partial charge in [0, 0.05) is 25.2 Å². The molecule has 0 aliphatic heterocycles. The molecule has 134 valence electrons. The van der Waals surface area contributed by atoms with Crippen molar-refractivity contribution in [2.45, 2.75) is 38.6 Å². The van der Waals surface area contributed by atoms with Crippen LogP contribution >= 0.6 is 0 Å². The SMILES string of the molecule is CCc1nc(-c2ccc3c(c2)CCC[C@@H]3NC(=O)c2cnn(C)c2)no1. The van der Waals surface area contributed by atoms with Gasteiger partial charge in [-0.2, -0.15) is 10.1 Å². The molecule has 2 heterocycles. The van der Waals surface area contributed by atoms with Crippen molar-refractivity contribution in [3.8, 4) is 11.4 Å². The van der Waals surface area contributed by atoms with Crippen LogP contribution in [0.5, 0.6) is 0 Å². The topological polar surface area (TPSA) is 85.8 Å². The normalized spacial score (nSPS) is 16.3. The molecular weight excluding hydrogens is 330 g/mol. The number of nitrogens with zero attached hydrogens (tertiary/aromatic N) is 4. The molecule has 1 N–H and O–H groups in total. The van der Waals surface area contributed by atoms with E-state index in [0.717, 1.165) is 36.8 Å². The number of carbonyl (C=O) groups excluding carboxylic acids is 1. The van der Waals surface area contributed by atoms with Gasteiger partial charge in [-0.3, -0.25) is 9.48 Å². The summed E-state index contributed by atoms with van der Waals surface area (Å²) in [5.74, 6) is 1.16. The third kappa shape index (κ3) is 3.12. The number of rotatable bonds is 4. The number of hydrogen-bond acceptors (Lipinski definition) is 5. The first kappa shape index (κ1) is 16.5. The monoisotopic (exact) mass is 351 g/mol. The van der Waals surface area contributed by atoms with E-state index in [-0.39, 0.29) is 11.9 Å². The standard InChI is InChI=1S/C19H21N5O2/c1-3-17-22-18(23-26-17)13-7-8-15-12(9-13)5-4-6-16(15)21-19(25)14-10-20-24(2)11-14/h7-11,16H,3-6H2,1-2H3,(H,21,25)/t16-/m0/s1. The molecule has 7 heteroatoms. The first-order chi connectivity index (χ1) is 12.6. The van der Waals surface area contributed by atoms with Gasteiger partial charge in [0.25, 0.3) is 5.91 Å². The molecule has 0 spiro atoms. The lowest BCUT2D eigenvalue weighted by Gasteiger charge is -2.26. The fourth-order valence-corrected chi connectivity index (χ4v) is 3.40. The summed E-state index contributed by atoms with van der Waals surface area (Å²) in [6, 6.07) is 6.19. The van der Waals surface area contributed by atoms with E-state index in [0.29, 0.717) is 17.3 Å². The van der Waals surface area contributed by atoms with E-state index in [9.17, 15) is 4.79 Å².